The number of carbonyl (C=O) groups excluding carboxylic acids is 2. The molecular formula is C60H111NO4. The number of esters is 2. The first-order valence-corrected chi connectivity index (χ1v) is 28.7. The van der Waals surface area contributed by atoms with E-state index in [1.807, 2.05) is 7.05 Å². The van der Waals surface area contributed by atoms with E-state index < -0.39 is 0 Å². The van der Waals surface area contributed by atoms with Crippen LogP contribution in [0.3, 0.4) is 0 Å². The molecule has 1 N–H and O–H groups in total. The lowest BCUT2D eigenvalue weighted by Gasteiger charge is -2.18. The van der Waals surface area contributed by atoms with Crippen molar-refractivity contribution < 1.29 is 19.1 Å². The van der Waals surface area contributed by atoms with Crippen molar-refractivity contribution in [2.24, 2.45) is 0 Å². The minimum atomic E-state index is -0.0174. The smallest absolute Gasteiger partial charge is 0.306 e. The molecule has 0 radical (unpaired) electrons. The molecule has 2 unspecified atom stereocenters. The molecule has 5 nitrogen and oxygen atoms in total. The molecule has 65 heavy (non-hydrogen) atoms. The fourth-order valence-corrected chi connectivity index (χ4v) is 8.59. The Bertz CT molecular complexity index is 1090. The predicted molar refractivity (Wildman–Crippen MR) is 286 cm³/mol. The maximum Gasteiger partial charge on any atom is 0.306 e. The van der Waals surface area contributed by atoms with E-state index in [9.17, 15) is 9.59 Å². The minimum Gasteiger partial charge on any atom is -0.462 e. The maximum atomic E-state index is 12.8. The van der Waals surface area contributed by atoms with Crippen LogP contribution in [-0.2, 0) is 19.1 Å². The highest BCUT2D eigenvalue weighted by Gasteiger charge is 2.15. The van der Waals surface area contributed by atoms with Gasteiger partial charge >= 0.3 is 11.9 Å². The lowest BCUT2D eigenvalue weighted by atomic mass is 10.0. The number of ether oxygens (including phenoxy) is 2. The number of hydrogen-bond acceptors (Lipinski definition) is 5. The van der Waals surface area contributed by atoms with Crippen LogP contribution in [0.1, 0.15) is 297 Å². The van der Waals surface area contributed by atoms with Gasteiger partial charge in [0.05, 0.1) is 0 Å². The quantitative estimate of drug-likeness (QED) is 0.0374. The molecule has 0 aromatic rings. The van der Waals surface area contributed by atoms with E-state index in [0.717, 1.165) is 83.6 Å². The molecule has 0 amide bonds. The van der Waals surface area contributed by atoms with Crippen molar-refractivity contribution in [3.63, 3.8) is 0 Å². The Kier molecular flexibility index (Phi) is 52.7. The second kappa shape index (κ2) is 54.5. The van der Waals surface area contributed by atoms with E-state index in [1.54, 1.807) is 0 Å². The van der Waals surface area contributed by atoms with E-state index in [1.165, 1.54) is 186 Å². The van der Waals surface area contributed by atoms with Crippen molar-refractivity contribution in [2.45, 2.75) is 309 Å². The van der Waals surface area contributed by atoms with Gasteiger partial charge in [-0.2, -0.15) is 0 Å². The summed E-state index contributed by atoms with van der Waals surface area (Å²) >= 11 is 0. The Balaban J connectivity index is 4.24. The number of allylic oxidation sites excluding steroid dienone is 7. The second-order valence-electron chi connectivity index (χ2n) is 19.4. The average molecular weight is 911 g/mol. The lowest BCUT2D eigenvalue weighted by molar-refractivity contribution is -0.150. The highest BCUT2D eigenvalue weighted by molar-refractivity contribution is 5.69. The van der Waals surface area contributed by atoms with Crippen LogP contribution in [0.4, 0.5) is 0 Å². The van der Waals surface area contributed by atoms with Crippen molar-refractivity contribution >= 4 is 11.9 Å². The summed E-state index contributed by atoms with van der Waals surface area (Å²) in [5.41, 5.74) is 0. The van der Waals surface area contributed by atoms with Crippen LogP contribution in [-0.4, -0.2) is 37.7 Å². The molecule has 0 aliphatic rings. The van der Waals surface area contributed by atoms with Gasteiger partial charge in [-0.05, 0) is 136 Å². The van der Waals surface area contributed by atoms with Gasteiger partial charge in [-0.15, -0.1) is 0 Å². The Morgan fingerprint density at radius 2 is 0.692 bits per heavy atom. The molecule has 2 atom stereocenters. The molecule has 0 saturated heterocycles. The molecule has 380 valence electrons. The topological polar surface area (TPSA) is 64.6 Å². The van der Waals surface area contributed by atoms with Crippen LogP contribution in [0.2, 0.25) is 0 Å². The van der Waals surface area contributed by atoms with Gasteiger partial charge in [0.25, 0.3) is 0 Å². The normalized spacial score (nSPS) is 13.0. The summed E-state index contributed by atoms with van der Waals surface area (Å²) in [7, 11) is 1.94. The van der Waals surface area contributed by atoms with Crippen LogP contribution in [0.5, 0.6) is 0 Å². The van der Waals surface area contributed by atoms with Crippen molar-refractivity contribution in [2.75, 3.05) is 13.6 Å². The van der Waals surface area contributed by atoms with Crippen molar-refractivity contribution in [3.8, 4) is 0 Å². The summed E-state index contributed by atoms with van der Waals surface area (Å²) in [6.07, 6.45) is 69.4. The Labute approximate surface area is 406 Å². The monoisotopic (exact) mass is 910 g/mol. The van der Waals surface area contributed by atoms with Crippen LogP contribution < -0.4 is 5.32 Å². The highest BCUT2D eigenvalue weighted by Crippen LogP contribution is 2.20. The van der Waals surface area contributed by atoms with Gasteiger partial charge in [-0.1, -0.05) is 204 Å². The molecule has 0 aliphatic carbocycles. The van der Waals surface area contributed by atoms with E-state index in [0.29, 0.717) is 12.8 Å². The van der Waals surface area contributed by atoms with Crippen LogP contribution in [0.15, 0.2) is 48.6 Å². The Morgan fingerprint density at radius 1 is 0.369 bits per heavy atom. The fourth-order valence-electron chi connectivity index (χ4n) is 8.59. The van der Waals surface area contributed by atoms with Gasteiger partial charge < -0.3 is 14.8 Å². The number of rotatable bonds is 52. The summed E-state index contributed by atoms with van der Waals surface area (Å²) in [5, 5.41) is 3.14. The third-order valence-electron chi connectivity index (χ3n) is 12.9. The predicted octanol–water partition coefficient (Wildman–Crippen LogP) is 19.1. The molecule has 5 heteroatoms. The maximum absolute atomic E-state index is 12.8. The average Bonchev–Trinajstić information content (AvgIpc) is 3.30. The zero-order valence-corrected chi connectivity index (χ0v) is 44.0. The first-order chi connectivity index (χ1) is 32.1. The zero-order chi connectivity index (χ0) is 47.2. The Hall–Kier alpha value is -2.14. The number of unbranched alkanes of at least 4 members (excludes halogenated alkanes) is 29. The number of carbonyl (C=O) groups is 2. The van der Waals surface area contributed by atoms with Gasteiger partial charge in [0.15, 0.2) is 0 Å². The van der Waals surface area contributed by atoms with Gasteiger partial charge in [0.1, 0.15) is 12.2 Å². The summed E-state index contributed by atoms with van der Waals surface area (Å²) in [6, 6.07) is 0. The van der Waals surface area contributed by atoms with E-state index in [-0.39, 0.29) is 24.1 Å². The first-order valence-electron chi connectivity index (χ1n) is 28.7. The molecule has 0 aliphatic heterocycles. The van der Waals surface area contributed by atoms with Gasteiger partial charge in [0.2, 0.25) is 0 Å². The van der Waals surface area contributed by atoms with E-state index >= 15 is 0 Å². The zero-order valence-electron chi connectivity index (χ0n) is 44.0. The molecule has 0 saturated carbocycles. The molecule has 0 bridgehead atoms. The highest BCUT2D eigenvalue weighted by atomic mass is 16.5. The standard InChI is InChI=1S/C60H111NO4/c1-5-8-11-14-16-18-20-22-24-26-27-29-32-36-40-46-52-58(65-60(63)55-49-56-61-4)53-47-42-38-34-31-33-37-41-45-51-57(50-44-13-10-7-3)64-59(62)54-48-43-39-35-30-28-25-23-21-19-17-15-12-9-6-2/h17,19,22-25,41,45,57-58,61H,5-16,18,20-21,26-40,42-44,46-56H2,1-4H3/b19-17-,24-22-,25-23-,45-41-. The molecule has 0 spiro atoms. The van der Waals surface area contributed by atoms with E-state index in [2.05, 4.69) is 74.7 Å². The van der Waals surface area contributed by atoms with Crippen molar-refractivity contribution in [1.82, 2.24) is 5.32 Å². The summed E-state index contributed by atoms with van der Waals surface area (Å²) in [4.78, 5) is 25.3. The summed E-state index contributed by atoms with van der Waals surface area (Å²) in [6.45, 7) is 7.64. The van der Waals surface area contributed by atoms with Crippen LogP contribution in [0.25, 0.3) is 0 Å². The molecule has 0 heterocycles. The molecule has 0 aromatic carbocycles. The summed E-state index contributed by atoms with van der Waals surface area (Å²) < 4.78 is 12.0. The minimum absolute atomic E-state index is 0.00278. The lowest BCUT2D eigenvalue weighted by Crippen LogP contribution is -2.19. The third kappa shape index (κ3) is 51.1. The molecule has 0 aromatic heterocycles. The van der Waals surface area contributed by atoms with Gasteiger partial charge in [-0.25, -0.2) is 0 Å². The molecule has 0 fully saturated rings. The van der Waals surface area contributed by atoms with Crippen LogP contribution in [0, 0.1) is 0 Å². The van der Waals surface area contributed by atoms with Crippen molar-refractivity contribution in [3.05, 3.63) is 48.6 Å². The van der Waals surface area contributed by atoms with Gasteiger partial charge in [0, 0.05) is 19.3 Å². The number of hydrogen-bond donors (Lipinski definition) is 1. The third-order valence-corrected chi connectivity index (χ3v) is 12.9. The Morgan fingerprint density at radius 3 is 1.17 bits per heavy atom. The first kappa shape index (κ1) is 62.9. The fraction of sp³-hybridized carbons (Fsp3) is 0.833. The number of nitrogens with one attached hydrogen (secondary N) is 1. The molecular weight excluding hydrogens is 799 g/mol. The van der Waals surface area contributed by atoms with E-state index in [4.69, 9.17) is 9.47 Å². The molecule has 0 rings (SSSR count). The van der Waals surface area contributed by atoms with Crippen molar-refractivity contribution in [1.29, 1.82) is 0 Å². The summed E-state index contributed by atoms with van der Waals surface area (Å²) in [5.74, 6) is -0.0202. The largest absolute Gasteiger partial charge is 0.462 e. The second-order valence-corrected chi connectivity index (χ2v) is 19.4. The SMILES string of the molecule is CCCCC/C=C\C/C=C\CCCCCCCC(=O)OC(C/C=C\CCCCCCCCC(CCCCCCCC/C=C\CCCCCCCC)OC(=O)CCCNC)CCCCCC. The van der Waals surface area contributed by atoms with Crippen LogP contribution >= 0.6 is 0 Å². The van der Waals surface area contributed by atoms with Gasteiger partial charge in [-0.3, -0.25) is 9.59 Å².